The number of carbonyl (C=O) groups is 1. The third-order valence-corrected chi connectivity index (χ3v) is 8.11. The number of nitrogens with one attached hydrogen (secondary N) is 1. The molecule has 236 valence electrons. The van der Waals surface area contributed by atoms with Gasteiger partial charge in [0.15, 0.2) is 16.6 Å². The molecule has 1 aromatic heterocycles. The van der Waals surface area contributed by atoms with E-state index < -0.39 is 11.9 Å². The Labute approximate surface area is 269 Å². The Morgan fingerprint density at radius 2 is 1.80 bits per heavy atom. The summed E-state index contributed by atoms with van der Waals surface area (Å²) in [4.78, 5) is 18.5. The second-order valence-electron chi connectivity index (χ2n) is 9.82. The second kappa shape index (κ2) is 14.7. The molecule has 0 bridgehead atoms. The Bertz CT molecular complexity index is 1670. The first kappa shape index (κ1) is 33.6. The molecule has 0 spiro atoms. The summed E-state index contributed by atoms with van der Waals surface area (Å²) >= 11 is 6.45. The molecule has 1 aliphatic heterocycles. The van der Waals surface area contributed by atoms with E-state index in [-0.39, 0.29) is 38.6 Å². The van der Waals surface area contributed by atoms with E-state index in [1.54, 1.807) is 24.3 Å². The summed E-state index contributed by atoms with van der Waals surface area (Å²) in [6.07, 6.45) is -2.46. The van der Waals surface area contributed by atoms with Crippen LogP contribution >= 0.6 is 24.0 Å². The van der Waals surface area contributed by atoms with Crippen molar-refractivity contribution < 1.29 is 32.2 Å². The van der Waals surface area contributed by atoms with Crippen LogP contribution < -0.4 is 19.5 Å². The zero-order chi connectivity index (χ0) is 32.7. The van der Waals surface area contributed by atoms with Crippen molar-refractivity contribution in [3.05, 3.63) is 81.7 Å². The number of hydrogen-bond donors (Lipinski definition) is 1. The molecule has 1 fully saturated rings. The number of thiocarbonyl (C=S) groups is 1. The fraction of sp³-hybridized carbons (Fsp3) is 0.312. The first-order valence-corrected chi connectivity index (χ1v) is 15.4. The highest BCUT2D eigenvalue weighted by molar-refractivity contribution is 7.98. The Balaban J connectivity index is 1.51. The van der Waals surface area contributed by atoms with E-state index in [0.717, 1.165) is 23.4 Å². The zero-order valence-corrected chi connectivity index (χ0v) is 26.7. The van der Waals surface area contributed by atoms with E-state index in [0.29, 0.717) is 54.6 Å². The molecule has 8 nitrogen and oxygen atoms in total. The second-order valence-corrected chi connectivity index (χ2v) is 11.2. The number of carbonyl (C=O) groups excluding carboxylic acids is 1. The maximum atomic E-state index is 13.4. The van der Waals surface area contributed by atoms with Crippen LogP contribution in [-0.4, -0.2) is 47.8 Å². The molecule has 45 heavy (non-hydrogen) atoms. The maximum Gasteiger partial charge on any atom is 0.433 e. The van der Waals surface area contributed by atoms with Gasteiger partial charge in [0.1, 0.15) is 28.2 Å². The number of nitriles is 1. The molecular formula is C32H31F3N4O4S2. The number of benzene rings is 2. The standard InChI is InChI=1S/C32H31F3N4O4S2/c1-5-42-26-10-7-20(16-27(26)43-6-2)11-12-39-30(40)24(37-31(39)44)15-21-8-9-25(41-4)22(14-21)18-45-29-23(17-36)19(3)13-28(38-29)32(33,34)35/h7-10,13-16H,5-6,11-12,18H2,1-4H3,(H,37,44)/b24-15+. The van der Waals surface area contributed by atoms with Crippen LogP contribution in [0.3, 0.4) is 0 Å². The molecule has 1 saturated heterocycles. The van der Waals surface area contributed by atoms with Crippen molar-refractivity contribution in [2.45, 2.75) is 44.1 Å². The van der Waals surface area contributed by atoms with E-state index in [2.05, 4.69) is 10.3 Å². The van der Waals surface area contributed by atoms with Gasteiger partial charge < -0.3 is 19.5 Å². The number of ether oxygens (including phenoxy) is 3. The smallest absolute Gasteiger partial charge is 0.433 e. The topological polar surface area (TPSA) is 96.7 Å². The highest BCUT2D eigenvalue weighted by Gasteiger charge is 2.34. The van der Waals surface area contributed by atoms with Gasteiger partial charge in [-0.3, -0.25) is 9.69 Å². The fourth-order valence-corrected chi connectivity index (χ4v) is 5.93. The van der Waals surface area contributed by atoms with Crippen LogP contribution in [0.4, 0.5) is 13.2 Å². The number of thioether (sulfide) groups is 1. The summed E-state index contributed by atoms with van der Waals surface area (Å²) in [5, 5.41) is 12.8. The van der Waals surface area contributed by atoms with Crippen molar-refractivity contribution in [3.8, 4) is 23.3 Å². The molecule has 0 unspecified atom stereocenters. The minimum atomic E-state index is -4.65. The first-order chi connectivity index (χ1) is 21.5. The van der Waals surface area contributed by atoms with E-state index >= 15 is 0 Å². The highest BCUT2D eigenvalue weighted by atomic mass is 32.2. The van der Waals surface area contributed by atoms with Gasteiger partial charge in [-0.25, -0.2) is 4.98 Å². The Morgan fingerprint density at radius 3 is 2.47 bits per heavy atom. The summed E-state index contributed by atoms with van der Waals surface area (Å²) in [7, 11) is 1.48. The van der Waals surface area contributed by atoms with Crippen molar-refractivity contribution in [2.24, 2.45) is 0 Å². The minimum Gasteiger partial charge on any atom is -0.496 e. The molecule has 13 heteroatoms. The van der Waals surface area contributed by atoms with Crippen molar-refractivity contribution in [1.29, 1.82) is 5.26 Å². The number of rotatable bonds is 12. The lowest BCUT2D eigenvalue weighted by molar-refractivity contribution is -0.141. The monoisotopic (exact) mass is 656 g/mol. The first-order valence-electron chi connectivity index (χ1n) is 14.0. The molecule has 1 N–H and O–H groups in total. The minimum absolute atomic E-state index is 0.0230. The van der Waals surface area contributed by atoms with E-state index in [4.69, 9.17) is 26.4 Å². The van der Waals surface area contributed by atoms with Gasteiger partial charge in [0.05, 0.1) is 25.9 Å². The van der Waals surface area contributed by atoms with Gasteiger partial charge in [-0.1, -0.05) is 12.1 Å². The number of amides is 1. The van der Waals surface area contributed by atoms with Crippen molar-refractivity contribution in [1.82, 2.24) is 15.2 Å². The molecular weight excluding hydrogens is 626 g/mol. The molecule has 0 saturated carbocycles. The molecule has 3 aromatic rings. The third kappa shape index (κ3) is 8.06. The molecule has 1 amide bonds. The fourth-order valence-electron chi connectivity index (χ4n) is 4.61. The lowest BCUT2D eigenvalue weighted by Gasteiger charge is -2.16. The number of aromatic nitrogens is 1. The van der Waals surface area contributed by atoms with E-state index in [9.17, 15) is 23.2 Å². The number of nitrogens with zero attached hydrogens (tertiary/aromatic N) is 3. The molecule has 2 aromatic carbocycles. The Kier molecular flexibility index (Phi) is 11.0. The highest BCUT2D eigenvalue weighted by Crippen LogP contribution is 2.35. The number of halogens is 3. The van der Waals surface area contributed by atoms with Gasteiger partial charge in [0.2, 0.25) is 0 Å². The zero-order valence-electron chi connectivity index (χ0n) is 25.1. The SMILES string of the molecule is CCOc1ccc(CCN2C(=O)/C(=C\c3ccc(OC)c(CSc4nc(C(F)(F)F)cc(C)c4C#N)c3)NC2=S)cc1OCC. The van der Waals surface area contributed by atoms with Crippen molar-refractivity contribution in [2.75, 3.05) is 26.9 Å². The van der Waals surface area contributed by atoms with Gasteiger partial charge in [-0.2, -0.15) is 18.4 Å². The summed E-state index contributed by atoms with van der Waals surface area (Å²) < 4.78 is 56.9. The number of aryl methyl sites for hydroxylation is 1. The molecule has 2 heterocycles. The van der Waals surface area contributed by atoms with Gasteiger partial charge in [-0.05, 0) is 92.5 Å². The van der Waals surface area contributed by atoms with E-state index in [1.807, 2.05) is 38.1 Å². The van der Waals surface area contributed by atoms with Crippen LogP contribution in [0.5, 0.6) is 17.2 Å². The average Bonchev–Trinajstić information content (AvgIpc) is 3.26. The summed E-state index contributed by atoms with van der Waals surface area (Å²) in [6.45, 7) is 6.59. The normalized spacial score (nSPS) is 14.0. The molecule has 0 radical (unpaired) electrons. The lowest BCUT2D eigenvalue weighted by atomic mass is 10.1. The van der Waals surface area contributed by atoms with Gasteiger partial charge in [-0.15, -0.1) is 11.8 Å². The number of methoxy groups -OCH3 is 1. The lowest BCUT2D eigenvalue weighted by Crippen LogP contribution is -2.32. The van der Waals surface area contributed by atoms with Crippen LogP contribution in [0.2, 0.25) is 0 Å². The molecule has 4 rings (SSSR count). The van der Waals surface area contributed by atoms with Gasteiger partial charge in [0, 0.05) is 17.9 Å². The van der Waals surface area contributed by atoms with Crippen molar-refractivity contribution in [3.63, 3.8) is 0 Å². The number of pyridine rings is 1. The Morgan fingerprint density at radius 1 is 1.09 bits per heavy atom. The van der Waals surface area contributed by atoms with Crippen LogP contribution in [0.1, 0.15) is 47.4 Å². The van der Waals surface area contributed by atoms with Crippen LogP contribution in [0.15, 0.2) is 53.2 Å². The average molecular weight is 657 g/mol. The number of alkyl halides is 3. The summed E-state index contributed by atoms with van der Waals surface area (Å²) in [5.74, 6) is 1.68. The van der Waals surface area contributed by atoms with Crippen LogP contribution in [-0.2, 0) is 23.1 Å². The number of hydrogen-bond acceptors (Lipinski definition) is 8. The predicted molar refractivity (Wildman–Crippen MR) is 169 cm³/mol. The van der Waals surface area contributed by atoms with Gasteiger partial charge in [0.25, 0.3) is 5.91 Å². The maximum absolute atomic E-state index is 13.4. The molecule has 1 aliphatic rings. The van der Waals surface area contributed by atoms with Gasteiger partial charge >= 0.3 is 6.18 Å². The third-order valence-electron chi connectivity index (χ3n) is 6.76. The predicted octanol–water partition coefficient (Wildman–Crippen LogP) is 6.68. The molecule has 0 atom stereocenters. The Hall–Kier alpha value is -4.28. The quantitative estimate of drug-likeness (QED) is 0.130. The summed E-state index contributed by atoms with van der Waals surface area (Å²) in [5.41, 5.74) is 1.74. The van der Waals surface area contributed by atoms with Crippen molar-refractivity contribution >= 4 is 41.1 Å². The summed E-state index contributed by atoms with van der Waals surface area (Å²) in [6, 6.07) is 13.7. The van der Waals surface area contributed by atoms with Crippen LogP contribution in [0, 0.1) is 18.3 Å². The van der Waals surface area contributed by atoms with E-state index in [1.165, 1.54) is 18.9 Å². The largest absolute Gasteiger partial charge is 0.496 e. The van der Waals surface area contributed by atoms with Crippen LogP contribution in [0.25, 0.3) is 6.08 Å². The molecule has 0 aliphatic carbocycles.